The second kappa shape index (κ2) is 5.59. The molecule has 0 saturated carbocycles. The van der Waals surface area contributed by atoms with E-state index in [4.69, 9.17) is 17.3 Å². The maximum Gasteiger partial charge on any atom is 0.257 e. The maximum atomic E-state index is 12.1. The van der Waals surface area contributed by atoms with Crippen molar-refractivity contribution in [1.82, 2.24) is 4.98 Å². The molecule has 1 amide bonds. The number of halogens is 2. The standard InChI is InChI=1S/C13H11BrClN3O/c1-7-4-8(2-3-10(7)14)18-13(19)9-5-12(15)17-6-11(9)16/h2-6H,16H2,1H3,(H,18,19). The Labute approximate surface area is 124 Å². The van der Waals surface area contributed by atoms with Gasteiger partial charge in [-0.25, -0.2) is 4.98 Å². The number of amides is 1. The number of pyridine rings is 1. The van der Waals surface area contributed by atoms with Gasteiger partial charge < -0.3 is 11.1 Å². The van der Waals surface area contributed by atoms with Crippen LogP contribution in [0, 0.1) is 6.92 Å². The van der Waals surface area contributed by atoms with E-state index < -0.39 is 0 Å². The summed E-state index contributed by atoms with van der Waals surface area (Å²) in [5, 5.41) is 3.00. The topological polar surface area (TPSA) is 68.0 Å². The van der Waals surface area contributed by atoms with Crippen LogP contribution in [0.25, 0.3) is 0 Å². The lowest BCUT2D eigenvalue weighted by Gasteiger charge is -2.09. The third-order valence-electron chi connectivity index (χ3n) is 2.56. The van der Waals surface area contributed by atoms with Gasteiger partial charge in [-0.3, -0.25) is 4.79 Å². The number of nitrogen functional groups attached to an aromatic ring is 1. The van der Waals surface area contributed by atoms with Gasteiger partial charge in [-0.1, -0.05) is 27.5 Å². The van der Waals surface area contributed by atoms with Crippen LogP contribution in [0.2, 0.25) is 5.15 Å². The van der Waals surface area contributed by atoms with Crippen molar-refractivity contribution >= 4 is 44.8 Å². The summed E-state index contributed by atoms with van der Waals surface area (Å²) in [7, 11) is 0. The number of nitrogens with one attached hydrogen (secondary N) is 1. The van der Waals surface area contributed by atoms with Gasteiger partial charge in [0.05, 0.1) is 17.4 Å². The zero-order chi connectivity index (χ0) is 14.0. The molecule has 19 heavy (non-hydrogen) atoms. The molecule has 2 rings (SSSR count). The molecular formula is C13H11BrClN3O. The molecule has 1 aromatic carbocycles. The molecule has 2 aromatic rings. The molecule has 0 spiro atoms. The van der Waals surface area contributed by atoms with Crippen molar-refractivity contribution < 1.29 is 4.79 Å². The number of rotatable bonds is 2. The van der Waals surface area contributed by atoms with E-state index in [1.165, 1.54) is 12.3 Å². The molecule has 0 bridgehead atoms. The highest BCUT2D eigenvalue weighted by Gasteiger charge is 2.11. The average Bonchev–Trinajstić information content (AvgIpc) is 2.36. The SMILES string of the molecule is Cc1cc(NC(=O)c2cc(Cl)ncc2N)ccc1Br. The maximum absolute atomic E-state index is 12.1. The minimum absolute atomic E-state index is 0.228. The number of nitrogens with zero attached hydrogens (tertiary/aromatic N) is 1. The number of hydrogen-bond donors (Lipinski definition) is 2. The van der Waals surface area contributed by atoms with E-state index in [0.29, 0.717) is 11.3 Å². The largest absolute Gasteiger partial charge is 0.397 e. The summed E-state index contributed by atoms with van der Waals surface area (Å²) in [5.41, 5.74) is 8.02. The monoisotopic (exact) mass is 339 g/mol. The Kier molecular flexibility index (Phi) is 4.07. The van der Waals surface area contributed by atoms with Crippen LogP contribution in [0.4, 0.5) is 11.4 Å². The molecule has 1 aromatic heterocycles. The van der Waals surface area contributed by atoms with Gasteiger partial charge in [-0.05, 0) is 36.8 Å². The molecule has 0 atom stereocenters. The molecule has 0 aliphatic rings. The highest BCUT2D eigenvalue weighted by molar-refractivity contribution is 9.10. The predicted octanol–water partition coefficient (Wildman–Crippen LogP) is 3.64. The van der Waals surface area contributed by atoms with E-state index in [9.17, 15) is 4.79 Å². The minimum Gasteiger partial charge on any atom is -0.397 e. The first-order valence-electron chi connectivity index (χ1n) is 5.46. The van der Waals surface area contributed by atoms with Crippen LogP contribution in [0.3, 0.4) is 0 Å². The van der Waals surface area contributed by atoms with Crippen molar-refractivity contribution in [3.05, 3.63) is 51.2 Å². The summed E-state index contributed by atoms with van der Waals surface area (Å²) in [4.78, 5) is 15.9. The molecule has 3 N–H and O–H groups in total. The Morgan fingerprint density at radius 3 is 2.84 bits per heavy atom. The zero-order valence-electron chi connectivity index (χ0n) is 10.1. The predicted molar refractivity (Wildman–Crippen MR) is 80.5 cm³/mol. The Morgan fingerprint density at radius 1 is 1.42 bits per heavy atom. The van der Waals surface area contributed by atoms with Gasteiger partial charge in [0.2, 0.25) is 0 Å². The lowest BCUT2D eigenvalue weighted by Crippen LogP contribution is -2.14. The van der Waals surface area contributed by atoms with E-state index >= 15 is 0 Å². The Bertz CT molecular complexity index is 646. The average molecular weight is 341 g/mol. The fraction of sp³-hybridized carbons (Fsp3) is 0.0769. The Morgan fingerprint density at radius 2 is 2.16 bits per heavy atom. The fourth-order valence-corrected chi connectivity index (χ4v) is 1.96. The fourth-order valence-electron chi connectivity index (χ4n) is 1.56. The second-order valence-electron chi connectivity index (χ2n) is 4.01. The molecule has 0 aliphatic heterocycles. The van der Waals surface area contributed by atoms with Crippen molar-refractivity contribution in [3.63, 3.8) is 0 Å². The molecule has 0 radical (unpaired) electrons. The van der Waals surface area contributed by atoms with Crippen LogP contribution in [0.5, 0.6) is 0 Å². The van der Waals surface area contributed by atoms with E-state index in [1.54, 1.807) is 6.07 Å². The first-order valence-corrected chi connectivity index (χ1v) is 6.63. The first-order chi connectivity index (χ1) is 8.97. The van der Waals surface area contributed by atoms with Gasteiger partial charge in [0.1, 0.15) is 5.15 Å². The minimum atomic E-state index is -0.316. The summed E-state index contributed by atoms with van der Waals surface area (Å²) in [6.07, 6.45) is 1.37. The van der Waals surface area contributed by atoms with Crippen LogP contribution in [-0.4, -0.2) is 10.9 Å². The van der Waals surface area contributed by atoms with Crippen LogP contribution in [0.15, 0.2) is 34.9 Å². The van der Waals surface area contributed by atoms with Crippen LogP contribution in [0.1, 0.15) is 15.9 Å². The highest BCUT2D eigenvalue weighted by Crippen LogP contribution is 2.21. The van der Waals surface area contributed by atoms with Crippen LogP contribution < -0.4 is 11.1 Å². The Balaban J connectivity index is 2.25. The number of carbonyl (C=O) groups excluding carboxylic acids is 1. The molecule has 0 fully saturated rings. The van der Waals surface area contributed by atoms with Gasteiger partial charge in [-0.2, -0.15) is 0 Å². The lowest BCUT2D eigenvalue weighted by molar-refractivity contribution is 0.102. The zero-order valence-corrected chi connectivity index (χ0v) is 12.4. The second-order valence-corrected chi connectivity index (χ2v) is 5.25. The molecule has 1 heterocycles. The molecule has 0 saturated heterocycles. The van der Waals surface area contributed by atoms with Crippen molar-refractivity contribution in [3.8, 4) is 0 Å². The smallest absolute Gasteiger partial charge is 0.257 e. The molecule has 98 valence electrons. The van der Waals surface area contributed by atoms with E-state index in [1.807, 2.05) is 19.1 Å². The summed E-state index contributed by atoms with van der Waals surface area (Å²) in [5.74, 6) is -0.316. The summed E-state index contributed by atoms with van der Waals surface area (Å²) in [6.45, 7) is 1.94. The molecule has 6 heteroatoms. The van der Waals surface area contributed by atoms with Gasteiger partial charge in [0.15, 0.2) is 0 Å². The number of carbonyl (C=O) groups is 1. The van der Waals surface area contributed by atoms with E-state index in [-0.39, 0.29) is 16.7 Å². The normalized spacial score (nSPS) is 10.3. The highest BCUT2D eigenvalue weighted by atomic mass is 79.9. The number of nitrogens with two attached hydrogens (primary N) is 1. The number of hydrogen-bond acceptors (Lipinski definition) is 3. The number of aromatic nitrogens is 1. The third-order valence-corrected chi connectivity index (χ3v) is 3.66. The van der Waals surface area contributed by atoms with Gasteiger partial charge >= 0.3 is 0 Å². The van der Waals surface area contributed by atoms with Gasteiger partial charge in [0, 0.05) is 10.2 Å². The molecule has 0 aliphatic carbocycles. The first kappa shape index (κ1) is 13.8. The third kappa shape index (κ3) is 3.24. The van der Waals surface area contributed by atoms with Gasteiger partial charge in [0.25, 0.3) is 5.91 Å². The molecular weight excluding hydrogens is 330 g/mol. The number of anilines is 2. The molecule has 4 nitrogen and oxygen atoms in total. The number of aryl methyl sites for hydroxylation is 1. The van der Waals surface area contributed by atoms with Crippen molar-refractivity contribution in [2.75, 3.05) is 11.1 Å². The lowest BCUT2D eigenvalue weighted by atomic mass is 10.2. The van der Waals surface area contributed by atoms with Crippen molar-refractivity contribution in [1.29, 1.82) is 0 Å². The Hall–Kier alpha value is -1.59. The van der Waals surface area contributed by atoms with Crippen LogP contribution >= 0.6 is 27.5 Å². The summed E-state index contributed by atoms with van der Waals surface area (Å²) < 4.78 is 0.983. The van der Waals surface area contributed by atoms with E-state index in [2.05, 4.69) is 26.2 Å². The summed E-state index contributed by atoms with van der Waals surface area (Å²) in [6, 6.07) is 6.97. The van der Waals surface area contributed by atoms with Crippen molar-refractivity contribution in [2.45, 2.75) is 6.92 Å². The van der Waals surface area contributed by atoms with Crippen LogP contribution in [-0.2, 0) is 0 Å². The van der Waals surface area contributed by atoms with Gasteiger partial charge in [-0.15, -0.1) is 0 Å². The number of benzene rings is 1. The molecule has 0 unspecified atom stereocenters. The quantitative estimate of drug-likeness (QED) is 0.820. The van der Waals surface area contributed by atoms with E-state index in [0.717, 1.165) is 10.0 Å². The summed E-state index contributed by atoms with van der Waals surface area (Å²) >= 11 is 9.16. The van der Waals surface area contributed by atoms with Crippen molar-refractivity contribution in [2.24, 2.45) is 0 Å².